The van der Waals surface area contributed by atoms with Gasteiger partial charge in [-0.25, -0.2) is 19.3 Å². The number of rotatable bonds is 3. The second-order valence-corrected chi connectivity index (χ2v) is 6.76. The molecule has 0 aliphatic carbocycles. The van der Waals surface area contributed by atoms with Crippen LogP contribution in [0.4, 0.5) is 4.39 Å². The van der Waals surface area contributed by atoms with Gasteiger partial charge in [0.2, 0.25) is 0 Å². The number of nitrogens with one attached hydrogen (secondary N) is 2. The Kier molecular flexibility index (Phi) is 3.75. The van der Waals surface area contributed by atoms with Crippen molar-refractivity contribution in [3.8, 4) is 34.2 Å². The summed E-state index contributed by atoms with van der Waals surface area (Å²) in [6.45, 7) is 0. The Labute approximate surface area is 173 Å². The summed E-state index contributed by atoms with van der Waals surface area (Å²) in [5.41, 5.74) is 4.10. The van der Waals surface area contributed by atoms with Crippen molar-refractivity contribution >= 4 is 21.9 Å². The van der Waals surface area contributed by atoms with E-state index in [1.165, 1.54) is 24.9 Å². The summed E-state index contributed by atoms with van der Waals surface area (Å²) in [5.74, 6) is -0.119. The van der Waals surface area contributed by atoms with Crippen LogP contribution in [-0.4, -0.2) is 45.1 Å². The van der Waals surface area contributed by atoms with E-state index in [0.29, 0.717) is 39.5 Å². The van der Waals surface area contributed by atoms with Crippen LogP contribution < -0.4 is 0 Å². The molecule has 6 aromatic heterocycles. The summed E-state index contributed by atoms with van der Waals surface area (Å²) in [6.07, 6.45) is 9.30. The number of hydrogen-bond acceptors (Lipinski definition) is 7. The van der Waals surface area contributed by atoms with Gasteiger partial charge in [-0.15, -0.1) is 0 Å². The fourth-order valence-electron chi connectivity index (χ4n) is 3.51. The van der Waals surface area contributed by atoms with Gasteiger partial charge in [-0.2, -0.15) is 5.10 Å². The molecule has 148 valence electrons. The first kappa shape index (κ1) is 17.3. The van der Waals surface area contributed by atoms with Gasteiger partial charge in [-0.3, -0.25) is 20.1 Å². The molecule has 31 heavy (non-hydrogen) atoms. The SMILES string of the molecule is Fc1c(-c2cncnc2)ncc2[nH]nc(-c3nc4c(-c5ccccn5)nccc4[nH]3)c12. The van der Waals surface area contributed by atoms with Gasteiger partial charge < -0.3 is 4.98 Å². The van der Waals surface area contributed by atoms with Gasteiger partial charge >= 0.3 is 0 Å². The maximum atomic E-state index is 15.5. The smallest absolute Gasteiger partial charge is 0.161 e. The van der Waals surface area contributed by atoms with Crippen molar-refractivity contribution < 1.29 is 4.39 Å². The zero-order chi connectivity index (χ0) is 20.8. The third kappa shape index (κ3) is 2.73. The molecular formula is C21H12FN9. The second kappa shape index (κ2) is 6.73. The van der Waals surface area contributed by atoms with Gasteiger partial charge in [0.15, 0.2) is 11.6 Å². The highest BCUT2D eigenvalue weighted by atomic mass is 19.1. The monoisotopic (exact) mass is 409 g/mol. The Balaban J connectivity index is 1.56. The van der Waals surface area contributed by atoms with Crippen molar-refractivity contribution in [2.45, 2.75) is 0 Å². The summed E-state index contributed by atoms with van der Waals surface area (Å²) in [7, 11) is 0. The molecule has 6 heterocycles. The summed E-state index contributed by atoms with van der Waals surface area (Å²) >= 11 is 0. The zero-order valence-corrected chi connectivity index (χ0v) is 15.8. The number of aromatic amines is 2. The first-order valence-electron chi connectivity index (χ1n) is 9.34. The lowest BCUT2D eigenvalue weighted by Crippen LogP contribution is -1.93. The molecule has 0 aromatic carbocycles. The lowest BCUT2D eigenvalue weighted by Gasteiger charge is -2.03. The minimum atomic E-state index is -0.528. The Morgan fingerprint density at radius 3 is 2.55 bits per heavy atom. The molecule has 0 aliphatic heterocycles. The summed E-state index contributed by atoms with van der Waals surface area (Å²) in [4.78, 5) is 28.8. The molecule has 0 fully saturated rings. The normalized spacial score (nSPS) is 11.4. The topological polar surface area (TPSA) is 122 Å². The van der Waals surface area contributed by atoms with Crippen LogP contribution in [0.2, 0.25) is 0 Å². The summed E-state index contributed by atoms with van der Waals surface area (Å²) in [6, 6.07) is 7.38. The second-order valence-electron chi connectivity index (χ2n) is 6.76. The number of H-pyrrole nitrogens is 2. The molecule has 10 heteroatoms. The fraction of sp³-hybridized carbons (Fsp3) is 0. The number of aromatic nitrogens is 9. The molecule has 0 amide bonds. The molecule has 0 aliphatic rings. The molecule has 0 unspecified atom stereocenters. The van der Waals surface area contributed by atoms with Crippen molar-refractivity contribution in [3.05, 3.63) is 67.4 Å². The first-order chi connectivity index (χ1) is 15.3. The van der Waals surface area contributed by atoms with E-state index in [9.17, 15) is 0 Å². The lowest BCUT2D eigenvalue weighted by molar-refractivity contribution is 0.638. The Bertz CT molecular complexity index is 1540. The molecule has 9 nitrogen and oxygen atoms in total. The minimum Gasteiger partial charge on any atom is -0.336 e. The number of nitrogens with zero attached hydrogens (tertiary/aromatic N) is 7. The maximum absolute atomic E-state index is 15.5. The average molecular weight is 409 g/mol. The minimum absolute atomic E-state index is 0.141. The lowest BCUT2D eigenvalue weighted by atomic mass is 10.1. The van der Waals surface area contributed by atoms with Gasteiger partial charge in [0.25, 0.3) is 0 Å². The highest BCUT2D eigenvalue weighted by molar-refractivity contribution is 5.97. The number of imidazole rings is 1. The maximum Gasteiger partial charge on any atom is 0.161 e. The van der Waals surface area contributed by atoms with Crippen LogP contribution >= 0.6 is 0 Å². The van der Waals surface area contributed by atoms with Crippen LogP contribution in [0.3, 0.4) is 0 Å². The number of hydrogen-bond donors (Lipinski definition) is 2. The molecule has 6 aromatic rings. The standard InChI is InChI=1S/C21H12FN9/c22-16-15-14(9-27-17(16)11-7-23-10-24-8-11)30-31-20(15)21-28-13-4-6-26-18(19(13)29-21)12-3-1-2-5-25-12/h1-10H,(H,28,29)(H,30,31). The largest absolute Gasteiger partial charge is 0.336 e. The molecule has 0 saturated heterocycles. The van der Waals surface area contributed by atoms with Crippen molar-refractivity contribution in [1.82, 2.24) is 45.1 Å². The molecule has 0 atom stereocenters. The molecule has 0 spiro atoms. The van der Waals surface area contributed by atoms with E-state index in [2.05, 4.69) is 45.1 Å². The van der Waals surface area contributed by atoms with Crippen molar-refractivity contribution in [2.75, 3.05) is 0 Å². The first-order valence-corrected chi connectivity index (χ1v) is 9.34. The highest BCUT2D eigenvalue weighted by Crippen LogP contribution is 2.33. The van der Waals surface area contributed by atoms with Gasteiger partial charge in [0.1, 0.15) is 28.9 Å². The number of halogens is 1. The van der Waals surface area contributed by atoms with Crippen molar-refractivity contribution in [2.24, 2.45) is 0 Å². The molecule has 0 bridgehead atoms. The van der Waals surface area contributed by atoms with Crippen LogP contribution in [0, 0.1) is 5.82 Å². The molecule has 0 saturated carbocycles. The Hall–Kier alpha value is -4.60. The Morgan fingerprint density at radius 2 is 1.71 bits per heavy atom. The van der Waals surface area contributed by atoms with Crippen LogP contribution in [0.15, 0.2) is 61.6 Å². The van der Waals surface area contributed by atoms with E-state index in [1.807, 2.05) is 18.2 Å². The molecule has 2 N–H and O–H groups in total. The zero-order valence-electron chi connectivity index (χ0n) is 15.8. The van der Waals surface area contributed by atoms with Gasteiger partial charge in [0.05, 0.1) is 28.3 Å². The van der Waals surface area contributed by atoms with E-state index in [4.69, 9.17) is 0 Å². The van der Waals surface area contributed by atoms with Crippen molar-refractivity contribution in [3.63, 3.8) is 0 Å². The third-order valence-electron chi connectivity index (χ3n) is 4.91. The van der Waals surface area contributed by atoms with E-state index in [1.54, 1.807) is 18.5 Å². The fourth-order valence-corrected chi connectivity index (χ4v) is 3.51. The van der Waals surface area contributed by atoms with Crippen LogP contribution in [0.25, 0.3) is 56.1 Å². The van der Waals surface area contributed by atoms with Crippen LogP contribution in [0.5, 0.6) is 0 Å². The molecule has 0 radical (unpaired) electrons. The van der Waals surface area contributed by atoms with Crippen LogP contribution in [-0.2, 0) is 0 Å². The average Bonchev–Trinajstić information content (AvgIpc) is 3.45. The number of fused-ring (bicyclic) bond motifs is 2. The van der Waals surface area contributed by atoms with Gasteiger partial charge in [-0.05, 0) is 18.2 Å². The predicted octanol–water partition coefficient (Wildman–Crippen LogP) is 3.55. The Morgan fingerprint density at radius 1 is 0.806 bits per heavy atom. The van der Waals surface area contributed by atoms with E-state index in [-0.39, 0.29) is 11.1 Å². The quantitative estimate of drug-likeness (QED) is 0.458. The van der Waals surface area contributed by atoms with E-state index >= 15 is 4.39 Å². The van der Waals surface area contributed by atoms with Gasteiger partial charge in [-0.1, -0.05) is 6.07 Å². The third-order valence-corrected chi connectivity index (χ3v) is 4.91. The number of pyridine rings is 3. The molecular weight excluding hydrogens is 397 g/mol. The summed E-state index contributed by atoms with van der Waals surface area (Å²) in [5, 5.41) is 7.40. The van der Waals surface area contributed by atoms with Crippen LogP contribution in [0.1, 0.15) is 0 Å². The summed E-state index contributed by atoms with van der Waals surface area (Å²) < 4.78 is 15.5. The molecule has 6 rings (SSSR count). The van der Waals surface area contributed by atoms with Gasteiger partial charge in [0, 0.05) is 30.4 Å². The highest BCUT2D eigenvalue weighted by Gasteiger charge is 2.21. The van der Waals surface area contributed by atoms with E-state index in [0.717, 1.165) is 5.52 Å². The van der Waals surface area contributed by atoms with E-state index < -0.39 is 5.82 Å². The predicted molar refractivity (Wildman–Crippen MR) is 111 cm³/mol. The van der Waals surface area contributed by atoms with Crippen molar-refractivity contribution in [1.29, 1.82) is 0 Å².